The summed E-state index contributed by atoms with van der Waals surface area (Å²) in [6, 6.07) is 6.24. The van der Waals surface area contributed by atoms with Gasteiger partial charge in [0.1, 0.15) is 0 Å². The molecule has 1 aliphatic heterocycles. The van der Waals surface area contributed by atoms with Crippen LogP contribution in [0, 0.1) is 5.92 Å². The van der Waals surface area contributed by atoms with Crippen LogP contribution < -0.4 is 5.73 Å². The number of hydrogen-bond acceptors (Lipinski definition) is 2. The topological polar surface area (TPSA) is 29.3 Å². The van der Waals surface area contributed by atoms with Gasteiger partial charge in [0.25, 0.3) is 0 Å². The fourth-order valence-electron chi connectivity index (χ4n) is 2.33. The van der Waals surface area contributed by atoms with Crippen LogP contribution in [0.25, 0.3) is 0 Å². The molecule has 2 N–H and O–H groups in total. The number of rotatable bonds is 2. The zero-order valence-corrected chi connectivity index (χ0v) is 11.3. The molecule has 0 spiro atoms. The maximum Gasteiger partial charge on any atom is 0.0357 e. The Morgan fingerprint density at radius 3 is 2.69 bits per heavy atom. The molecule has 0 amide bonds. The first-order chi connectivity index (χ1) is 7.65. The second-order valence-electron chi connectivity index (χ2n) is 4.79. The van der Waals surface area contributed by atoms with E-state index in [2.05, 4.69) is 40.0 Å². The Labute approximate surface area is 106 Å². The van der Waals surface area contributed by atoms with Crippen molar-refractivity contribution in [1.29, 1.82) is 0 Å². The first-order valence-electron chi connectivity index (χ1n) is 5.87. The first kappa shape index (κ1) is 11.9. The number of nitrogens with two attached hydrogens (primary N) is 1. The van der Waals surface area contributed by atoms with Crippen molar-refractivity contribution in [2.75, 3.05) is 25.9 Å². The normalized spacial score (nSPS) is 18.9. The van der Waals surface area contributed by atoms with Gasteiger partial charge in [0.15, 0.2) is 0 Å². The largest absolute Gasteiger partial charge is 0.398 e. The van der Waals surface area contributed by atoms with Gasteiger partial charge < -0.3 is 10.6 Å². The fraction of sp³-hybridized carbons (Fsp3) is 0.538. The summed E-state index contributed by atoms with van der Waals surface area (Å²) in [4.78, 5) is 2.40. The van der Waals surface area contributed by atoms with Crippen LogP contribution in [0.1, 0.15) is 18.4 Å². The maximum atomic E-state index is 6.03. The Kier molecular flexibility index (Phi) is 3.87. The molecule has 0 atom stereocenters. The van der Waals surface area contributed by atoms with Gasteiger partial charge in [0, 0.05) is 10.2 Å². The lowest BCUT2D eigenvalue weighted by atomic mass is 9.90. The van der Waals surface area contributed by atoms with Gasteiger partial charge >= 0.3 is 0 Å². The molecule has 1 aliphatic rings. The molecule has 0 bridgehead atoms. The molecule has 3 heteroatoms. The van der Waals surface area contributed by atoms with Crippen molar-refractivity contribution in [2.45, 2.75) is 19.3 Å². The fourth-order valence-corrected chi connectivity index (χ4v) is 2.71. The van der Waals surface area contributed by atoms with Crippen molar-refractivity contribution in [3.8, 4) is 0 Å². The Morgan fingerprint density at radius 2 is 2.06 bits per heavy atom. The predicted molar refractivity (Wildman–Crippen MR) is 72.5 cm³/mol. The minimum Gasteiger partial charge on any atom is -0.398 e. The molecule has 0 unspecified atom stereocenters. The molecular formula is C13H19BrN2. The third kappa shape index (κ3) is 2.98. The van der Waals surface area contributed by atoms with Crippen molar-refractivity contribution < 1.29 is 0 Å². The summed E-state index contributed by atoms with van der Waals surface area (Å²) >= 11 is 3.44. The van der Waals surface area contributed by atoms with Crippen LogP contribution in [0.3, 0.4) is 0 Å². The van der Waals surface area contributed by atoms with Gasteiger partial charge in [-0.25, -0.2) is 0 Å². The average Bonchev–Trinajstić information content (AvgIpc) is 2.25. The SMILES string of the molecule is CN1CCC(Cc2ccc(Br)cc2N)CC1. The van der Waals surface area contributed by atoms with E-state index in [0.29, 0.717) is 0 Å². The molecule has 88 valence electrons. The number of hydrogen-bond donors (Lipinski definition) is 1. The van der Waals surface area contributed by atoms with Crippen LogP contribution in [0.4, 0.5) is 5.69 Å². The van der Waals surface area contributed by atoms with Crippen LogP contribution in [0.15, 0.2) is 22.7 Å². The van der Waals surface area contributed by atoms with Crippen molar-refractivity contribution >= 4 is 21.6 Å². The highest BCUT2D eigenvalue weighted by Crippen LogP contribution is 2.25. The number of nitrogens with zero attached hydrogens (tertiary/aromatic N) is 1. The Hall–Kier alpha value is -0.540. The summed E-state index contributed by atoms with van der Waals surface area (Å²) in [7, 11) is 2.20. The Balaban J connectivity index is 1.98. The Bertz CT molecular complexity index is 357. The third-order valence-corrected chi connectivity index (χ3v) is 3.95. The van der Waals surface area contributed by atoms with Crippen molar-refractivity contribution in [3.63, 3.8) is 0 Å². The van der Waals surface area contributed by atoms with Gasteiger partial charge in [0.05, 0.1) is 0 Å². The van der Waals surface area contributed by atoms with E-state index in [-0.39, 0.29) is 0 Å². The second kappa shape index (κ2) is 5.19. The minimum absolute atomic E-state index is 0.805. The maximum absolute atomic E-state index is 6.03. The molecule has 1 aromatic carbocycles. The van der Waals surface area contributed by atoms with E-state index >= 15 is 0 Å². The summed E-state index contributed by atoms with van der Waals surface area (Å²) in [6.07, 6.45) is 3.73. The third-order valence-electron chi connectivity index (χ3n) is 3.45. The highest BCUT2D eigenvalue weighted by Gasteiger charge is 2.17. The highest BCUT2D eigenvalue weighted by molar-refractivity contribution is 9.10. The van der Waals surface area contributed by atoms with Gasteiger partial charge in [-0.2, -0.15) is 0 Å². The van der Waals surface area contributed by atoms with Crippen molar-refractivity contribution in [2.24, 2.45) is 5.92 Å². The summed E-state index contributed by atoms with van der Waals surface area (Å²) in [5.41, 5.74) is 8.25. The van der Waals surface area contributed by atoms with E-state index in [1.54, 1.807) is 0 Å². The number of halogens is 1. The molecule has 16 heavy (non-hydrogen) atoms. The van der Waals surface area contributed by atoms with E-state index < -0.39 is 0 Å². The zero-order chi connectivity index (χ0) is 11.5. The van der Waals surface area contributed by atoms with Crippen LogP contribution in [0.2, 0.25) is 0 Å². The average molecular weight is 283 g/mol. The second-order valence-corrected chi connectivity index (χ2v) is 5.71. The highest BCUT2D eigenvalue weighted by atomic mass is 79.9. The van der Waals surface area contributed by atoms with Gasteiger partial charge in [0.2, 0.25) is 0 Å². The molecule has 0 aliphatic carbocycles. The summed E-state index contributed by atoms with van der Waals surface area (Å²) < 4.78 is 1.07. The molecule has 1 saturated heterocycles. The molecule has 0 radical (unpaired) electrons. The molecule has 1 fully saturated rings. The van der Waals surface area contributed by atoms with Crippen molar-refractivity contribution in [1.82, 2.24) is 4.90 Å². The first-order valence-corrected chi connectivity index (χ1v) is 6.67. The van der Waals surface area contributed by atoms with Crippen LogP contribution in [-0.4, -0.2) is 25.0 Å². The summed E-state index contributed by atoms with van der Waals surface area (Å²) in [5, 5.41) is 0. The number of likely N-dealkylation sites (tertiary alicyclic amines) is 1. The molecular weight excluding hydrogens is 264 g/mol. The smallest absolute Gasteiger partial charge is 0.0357 e. The quantitative estimate of drug-likeness (QED) is 0.846. The van der Waals surface area contributed by atoms with E-state index in [0.717, 1.165) is 22.5 Å². The lowest BCUT2D eigenvalue weighted by molar-refractivity contribution is 0.219. The van der Waals surface area contributed by atoms with E-state index in [1.165, 1.54) is 31.5 Å². The lowest BCUT2D eigenvalue weighted by Crippen LogP contribution is -2.31. The van der Waals surface area contributed by atoms with E-state index in [9.17, 15) is 0 Å². The number of anilines is 1. The van der Waals surface area contributed by atoms with Gasteiger partial charge in [-0.1, -0.05) is 22.0 Å². The zero-order valence-electron chi connectivity index (χ0n) is 9.75. The Morgan fingerprint density at radius 1 is 1.38 bits per heavy atom. The van der Waals surface area contributed by atoms with E-state index in [4.69, 9.17) is 5.73 Å². The van der Waals surface area contributed by atoms with Crippen molar-refractivity contribution in [3.05, 3.63) is 28.2 Å². The minimum atomic E-state index is 0.805. The van der Waals surface area contributed by atoms with Crippen LogP contribution in [-0.2, 0) is 6.42 Å². The van der Waals surface area contributed by atoms with E-state index in [1.807, 2.05) is 6.07 Å². The number of benzene rings is 1. The van der Waals surface area contributed by atoms with Gasteiger partial charge in [-0.15, -0.1) is 0 Å². The molecule has 1 aromatic rings. The molecule has 1 heterocycles. The number of nitrogen functional groups attached to an aromatic ring is 1. The summed E-state index contributed by atoms with van der Waals surface area (Å²) in [6.45, 7) is 2.45. The molecule has 0 saturated carbocycles. The predicted octanol–water partition coefficient (Wildman–Crippen LogP) is 2.92. The standard InChI is InChI=1S/C13H19BrN2/c1-16-6-4-10(5-7-16)8-11-2-3-12(14)9-13(11)15/h2-3,9-10H,4-8,15H2,1H3. The monoisotopic (exact) mass is 282 g/mol. The molecule has 0 aromatic heterocycles. The van der Waals surface area contributed by atoms with Crippen LogP contribution in [0.5, 0.6) is 0 Å². The lowest BCUT2D eigenvalue weighted by Gasteiger charge is -2.29. The van der Waals surface area contributed by atoms with Gasteiger partial charge in [-0.3, -0.25) is 0 Å². The molecule has 2 rings (SSSR count). The number of piperidine rings is 1. The van der Waals surface area contributed by atoms with Gasteiger partial charge in [-0.05, 0) is 63.0 Å². The molecule has 2 nitrogen and oxygen atoms in total. The van der Waals surface area contributed by atoms with Crippen LogP contribution >= 0.6 is 15.9 Å². The summed E-state index contributed by atoms with van der Waals surface area (Å²) in [5.74, 6) is 0.805.